The molecule has 0 aromatic carbocycles. The fraction of sp³-hybridized carbons (Fsp3) is 0.778. The number of allylic oxidation sites excluding steroid dienone is 4. The van der Waals surface area contributed by atoms with Crippen LogP contribution in [0.15, 0.2) is 24.3 Å². The Hall–Kier alpha value is -0.560. The summed E-state index contributed by atoms with van der Waals surface area (Å²) >= 11 is 0. The van der Waals surface area contributed by atoms with Crippen LogP contribution in [0, 0.1) is 0 Å². The molecule has 0 radical (unpaired) electrons. The lowest BCUT2D eigenvalue weighted by Crippen LogP contribution is -2.41. The van der Waals surface area contributed by atoms with Crippen molar-refractivity contribution in [2.24, 2.45) is 0 Å². The van der Waals surface area contributed by atoms with Gasteiger partial charge in [0.1, 0.15) is 0 Å². The van der Waals surface area contributed by atoms with E-state index in [1.165, 1.54) is 68.9 Å². The number of hydrogen-bond acceptors (Lipinski definition) is 0. The molecular formula is C18H36N+. The molecule has 1 heteroatoms. The van der Waals surface area contributed by atoms with Crippen molar-refractivity contribution in [1.29, 1.82) is 0 Å². The van der Waals surface area contributed by atoms with Crippen LogP contribution in [0.3, 0.4) is 0 Å². The molecular weight excluding hydrogens is 230 g/mol. The van der Waals surface area contributed by atoms with E-state index < -0.39 is 0 Å². The van der Waals surface area contributed by atoms with Gasteiger partial charge in [-0.1, -0.05) is 51.0 Å². The molecule has 0 heterocycles. The molecule has 19 heavy (non-hydrogen) atoms. The second kappa shape index (κ2) is 12.5. The highest BCUT2D eigenvalue weighted by atomic mass is 15.3. The van der Waals surface area contributed by atoms with Crippen LogP contribution in [0.5, 0.6) is 0 Å². The molecule has 0 aromatic heterocycles. The summed E-state index contributed by atoms with van der Waals surface area (Å²) in [5.74, 6) is 0. The maximum absolute atomic E-state index is 2.37. The lowest BCUT2D eigenvalue weighted by atomic mass is 10.2. The molecule has 0 atom stereocenters. The lowest BCUT2D eigenvalue weighted by molar-refractivity contribution is -0.890. The van der Waals surface area contributed by atoms with Crippen LogP contribution in [0.4, 0.5) is 0 Å². The number of quaternary nitrogens is 1. The molecule has 0 amide bonds. The summed E-state index contributed by atoms with van der Waals surface area (Å²) in [7, 11) is 4.73. The summed E-state index contributed by atoms with van der Waals surface area (Å²) in [4.78, 5) is 0. The number of rotatable bonds is 12. The van der Waals surface area contributed by atoms with E-state index in [1.54, 1.807) is 0 Å². The number of hydrogen-bond donors (Lipinski definition) is 0. The van der Waals surface area contributed by atoms with Gasteiger partial charge in [0.05, 0.1) is 27.2 Å². The largest absolute Gasteiger partial charge is 0.328 e. The first-order chi connectivity index (χ1) is 9.12. The van der Waals surface area contributed by atoms with Crippen LogP contribution >= 0.6 is 0 Å². The van der Waals surface area contributed by atoms with E-state index in [1.807, 2.05) is 0 Å². The molecule has 0 N–H and O–H groups in total. The minimum atomic E-state index is 1.17. The van der Waals surface area contributed by atoms with E-state index in [4.69, 9.17) is 0 Å². The molecule has 0 aliphatic carbocycles. The van der Waals surface area contributed by atoms with Crippen LogP contribution in [0.25, 0.3) is 0 Å². The maximum atomic E-state index is 2.37. The van der Waals surface area contributed by atoms with Crippen LogP contribution in [0.2, 0.25) is 0 Å². The third kappa shape index (κ3) is 13.7. The van der Waals surface area contributed by atoms with Gasteiger partial charge in [0.15, 0.2) is 0 Å². The molecule has 0 spiro atoms. The van der Waals surface area contributed by atoms with Gasteiger partial charge in [-0.2, -0.15) is 0 Å². The SMILES string of the molecule is CCC/C=C/CCC[N+](C)(C)CCC/C=C/CCC. The van der Waals surface area contributed by atoms with Gasteiger partial charge >= 0.3 is 0 Å². The molecule has 0 unspecified atom stereocenters. The Kier molecular flexibility index (Phi) is 12.1. The van der Waals surface area contributed by atoms with Crippen LogP contribution in [0.1, 0.15) is 65.2 Å². The van der Waals surface area contributed by atoms with Gasteiger partial charge in [0, 0.05) is 0 Å². The van der Waals surface area contributed by atoms with Crippen molar-refractivity contribution >= 4 is 0 Å². The third-order valence-electron chi connectivity index (χ3n) is 3.51. The summed E-state index contributed by atoms with van der Waals surface area (Å²) < 4.78 is 1.17. The highest BCUT2D eigenvalue weighted by Crippen LogP contribution is 2.06. The first-order valence-electron chi connectivity index (χ1n) is 8.24. The normalized spacial score (nSPS) is 12.8. The molecule has 0 bridgehead atoms. The second-order valence-electron chi connectivity index (χ2n) is 6.19. The van der Waals surface area contributed by atoms with E-state index in [2.05, 4.69) is 52.2 Å². The fourth-order valence-electron chi connectivity index (χ4n) is 2.19. The van der Waals surface area contributed by atoms with Crippen molar-refractivity contribution in [3.05, 3.63) is 24.3 Å². The number of unbranched alkanes of at least 4 members (excludes halogenated alkanes) is 4. The Balaban J connectivity index is 3.57. The van der Waals surface area contributed by atoms with E-state index in [0.717, 1.165) is 0 Å². The lowest BCUT2D eigenvalue weighted by Gasteiger charge is -2.29. The predicted octanol–water partition coefficient (Wildman–Crippen LogP) is 5.34. The molecule has 0 rings (SSSR count). The summed E-state index contributed by atoms with van der Waals surface area (Å²) in [6.07, 6.45) is 19.5. The molecule has 0 aliphatic heterocycles. The van der Waals surface area contributed by atoms with E-state index in [9.17, 15) is 0 Å². The summed E-state index contributed by atoms with van der Waals surface area (Å²) in [6, 6.07) is 0. The third-order valence-corrected chi connectivity index (χ3v) is 3.51. The Bertz CT molecular complexity index is 214. The van der Waals surface area contributed by atoms with Gasteiger partial charge in [-0.25, -0.2) is 0 Å². The van der Waals surface area contributed by atoms with Gasteiger partial charge < -0.3 is 4.48 Å². The highest BCUT2D eigenvalue weighted by Gasteiger charge is 2.12. The summed E-state index contributed by atoms with van der Waals surface area (Å²) in [5, 5.41) is 0. The van der Waals surface area contributed by atoms with Gasteiger partial charge in [-0.15, -0.1) is 0 Å². The van der Waals surface area contributed by atoms with Crippen molar-refractivity contribution in [2.45, 2.75) is 65.2 Å². The molecule has 0 saturated carbocycles. The molecule has 112 valence electrons. The van der Waals surface area contributed by atoms with Crippen molar-refractivity contribution in [2.75, 3.05) is 27.2 Å². The molecule has 1 nitrogen and oxygen atoms in total. The van der Waals surface area contributed by atoms with Crippen LogP contribution in [-0.2, 0) is 0 Å². The average molecular weight is 266 g/mol. The first-order valence-corrected chi connectivity index (χ1v) is 8.24. The highest BCUT2D eigenvalue weighted by molar-refractivity contribution is 4.81. The van der Waals surface area contributed by atoms with Gasteiger partial charge in [0.25, 0.3) is 0 Å². The Morgan fingerprint density at radius 3 is 1.37 bits per heavy atom. The van der Waals surface area contributed by atoms with Crippen molar-refractivity contribution in [3.8, 4) is 0 Å². The summed E-state index contributed by atoms with van der Waals surface area (Å²) in [5.41, 5.74) is 0. The Morgan fingerprint density at radius 1 is 0.632 bits per heavy atom. The maximum Gasteiger partial charge on any atom is 0.0785 e. The minimum Gasteiger partial charge on any atom is -0.328 e. The van der Waals surface area contributed by atoms with E-state index in [0.29, 0.717) is 0 Å². The van der Waals surface area contributed by atoms with Crippen LogP contribution in [-0.4, -0.2) is 31.7 Å². The number of nitrogens with zero attached hydrogens (tertiary/aromatic N) is 1. The van der Waals surface area contributed by atoms with Crippen molar-refractivity contribution in [3.63, 3.8) is 0 Å². The average Bonchev–Trinajstić information content (AvgIpc) is 2.38. The van der Waals surface area contributed by atoms with Crippen molar-refractivity contribution < 1.29 is 4.48 Å². The standard InChI is InChI=1S/C18H36N/c1-5-7-9-11-13-15-17-19(3,4)18-16-14-12-10-8-6-2/h9-12H,5-8,13-18H2,1-4H3/q+1/b11-9+,12-10+. The molecule has 0 aliphatic rings. The van der Waals surface area contributed by atoms with Gasteiger partial charge in [-0.05, 0) is 38.5 Å². The first kappa shape index (κ1) is 18.4. The topological polar surface area (TPSA) is 0 Å². The smallest absolute Gasteiger partial charge is 0.0785 e. The van der Waals surface area contributed by atoms with E-state index in [-0.39, 0.29) is 0 Å². The zero-order chi connectivity index (χ0) is 14.4. The Morgan fingerprint density at radius 2 is 1.00 bits per heavy atom. The summed E-state index contributed by atoms with van der Waals surface area (Å²) in [6.45, 7) is 7.07. The van der Waals surface area contributed by atoms with Gasteiger partial charge in [-0.3, -0.25) is 0 Å². The zero-order valence-corrected chi connectivity index (χ0v) is 13.8. The molecule has 0 aromatic rings. The monoisotopic (exact) mass is 266 g/mol. The Labute approximate surface area is 122 Å². The second-order valence-corrected chi connectivity index (χ2v) is 6.19. The minimum absolute atomic E-state index is 1.17. The van der Waals surface area contributed by atoms with Crippen LogP contribution < -0.4 is 0 Å². The zero-order valence-electron chi connectivity index (χ0n) is 13.8. The van der Waals surface area contributed by atoms with Crippen molar-refractivity contribution in [1.82, 2.24) is 0 Å². The van der Waals surface area contributed by atoms with E-state index >= 15 is 0 Å². The predicted molar refractivity (Wildman–Crippen MR) is 88.4 cm³/mol. The fourth-order valence-corrected chi connectivity index (χ4v) is 2.19. The van der Waals surface area contributed by atoms with Gasteiger partial charge in [0.2, 0.25) is 0 Å². The molecule has 0 fully saturated rings. The molecule has 0 saturated heterocycles. The quantitative estimate of drug-likeness (QED) is 0.254.